The van der Waals surface area contributed by atoms with Gasteiger partial charge in [0.25, 0.3) is 0 Å². The van der Waals surface area contributed by atoms with Gasteiger partial charge in [-0.1, -0.05) is 6.07 Å². The Labute approximate surface area is 103 Å². The van der Waals surface area contributed by atoms with Crippen LogP contribution in [-0.4, -0.2) is 25.7 Å². The maximum Gasteiger partial charge on any atom is 0.335 e. The average molecular weight is 248 g/mol. The lowest BCUT2D eigenvalue weighted by atomic mass is 10.3. The molecule has 0 saturated heterocycles. The van der Waals surface area contributed by atoms with Gasteiger partial charge in [0.05, 0.1) is 0 Å². The van der Waals surface area contributed by atoms with Gasteiger partial charge in [-0.15, -0.1) is 0 Å². The van der Waals surface area contributed by atoms with Crippen molar-refractivity contribution in [1.82, 2.24) is 9.55 Å². The molecule has 2 aromatic rings. The van der Waals surface area contributed by atoms with Crippen LogP contribution in [0.1, 0.15) is 13.0 Å². The van der Waals surface area contributed by atoms with E-state index in [4.69, 9.17) is 4.74 Å². The number of carbonyl (C=O) groups excluding carboxylic acids is 1. The summed E-state index contributed by atoms with van der Waals surface area (Å²) in [5.74, 6) is -0.882. The average Bonchev–Trinajstić information content (AvgIpc) is 2.69. The molecule has 0 radical (unpaired) electrons. The molecular weight excluding hydrogens is 236 g/mol. The first-order valence-corrected chi connectivity index (χ1v) is 5.31. The Morgan fingerprint density at radius 2 is 1.94 bits per heavy atom. The standard InChI is InChI=1S/C12H12N2O4/c1-8(14-10(15)5-6-11(14)16)12(17)18-9-4-2-3-7-13-9/h2-8,15-16H,1H3. The molecular formula is C12H12N2O4. The van der Waals surface area contributed by atoms with Crippen LogP contribution in [0.15, 0.2) is 36.5 Å². The molecule has 2 rings (SSSR count). The van der Waals surface area contributed by atoms with Crippen molar-refractivity contribution in [2.75, 3.05) is 0 Å². The van der Waals surface area contributed by atoms with E-state index in [-0.39, 0.29) is 17.6 Å². The van der Waals surface area contributed by atoms with Gasteiger partial charge in [0.2, 0.25) is 5.88 Å². The number of aromatic nitrogens is 2. The minimum Gasteiger partial charge on any atom is -0.494 e. The van der Waals surface area contributed by atoms with E-state index in [1.165, 1.54) is 25.3 Å². The Morgan fingerprint density at radius 1 is 1.28 bits per heavy atom. The van der Waals surface area contributed by atoms with E-state index in [9.17, 15) is 15.0 Å². The molecule has 0 aromatic carbocycles. The summed E-state index contributed by atoms with van der Waals surface area (Å²) in [4.78, 5) is 15.7. The molecule has 0 fully saturated rings. The van der Waals surface area contributed by atoms with Gasteiger partial charge in [0, 0.05) is 24.4 Å². The van der Waals surface area contributed by atoms with Crippen LogP contribution in [0.25, 0.3) is 0 Å². The van der Waals surface area contributed by atoms with E-state index in [0.717, 1.165) is 4.57 Å². The Morgan fingerprint density at radius 3 is 2.50 bits per heavy atom. The molecule has 0 aliphatic heterocycles. The lowest BCUT2D eigenvalue weighted by molar-refractivity contribution is -0.138. The zero-order valence-corrected chi connectivity index (χ0v) is 9.65. The number of hydrogen-bond acceptors (Lipinski definition) is 5. The molecule has 2 N–H and O–H groups in total. The normalized spacial score (nSPS) is 12.1. The van der Waals surface area contributed by atoms with Crippen LogP contribution in [0.4, 0.5) is 0 Å². The first-order chi connectivity index (χ1) is 8.59. The summed E-state index contributed by atoms with van der Waals surface area (Å²) in [5, 5.41) is 19.0. The summed E-state index contributed by atoms with van der Waals surface area (Å²) in [5.41, 5.74) is 0. The highest BCUT2D eigenvalue weighted by Crippen LogP contribution is 2.27. The van der Waals surface area contributed by atoms with Crippen LogP contribution >= 0.6 is 0 Å². The van der Waals surface area contributed by atoms with Crippen LogP contribution in [0, 0.1) is 0 Å². The van der Waals surface area contributed by atoms with Gasteiger partial charge in [-0.25, -0.2) is 9.78 Å². The minimum atomic E-state index is -0.859. The summed E-state index contributed by atoms with van der Waals surface area (Å²) < 4.78 is 6.08. The molecule has 6 heteroatoms. The first-order valence-electron chi connectivity index (χ1n) is 5.31. The Balaban J connectivity index is 2.15. The molecule has 18 heavy (non-hydrogen) atoms. The quantitative estimate of drug-likeness (QED) is 0.803. The van der Waals surface area contributed by atoms with Crippen LogP contribution in [-0.2, 0) is 4.79 Å². The van der Waals surface area contributed by atoms with Gasteiger partial charge in [-0.2, -0.15) is 0 Å². The van der Waals surface area contributed by atoms with Gasteiger partial charge in [-0.05, 0) is 13.0 Å². The number of aromatic hydroxyl groups is 2. The highest BCUT2D eigenvalue weighted by molar-refractivity contribution is 5.76. The number of nitrogens with zero attached hydrogens (tertiary/aromatic N) is 2. The number of carbonyl (C=O) groups is 1. The fraction of sp³-hybridized carbons (Fsp3) is 0.167. The Hall–Kier alpha value is -2.50. The Kier molecular flexibility index (Phi) is 3.18. The molecule has 0 bridgehead atoms. The van der Waals surface area contributed by atoms with Gasteiger partial charge in [0.1, 0.15) is 6.04 Å². The highest BCUT2D eigenvalue weighted by atomic mass is 16.5. The molecule has 2 heterocycles. The van der Waals surface area contributed by atoms with Crippen molar-refractivity contribution < 1.29 is 19.7 Å². The zero-order chi connectivity index (χ0) is 13.1. The van der Waals surface area contributed by atoms with Crippen LogP contribution in [0.5, 0.6) is 17.6 Å². The van der Waals surface area contributed by atoms with Crippen molar-refractivity contribution in [3.05, 3.63) is 36.5 Å². The number of hydrogen-bond donors (Lipinski definition) is 2. The lowest BCUT2D eigenvalue weighted by Gasteiger charge is -2.14. The lowest BCUT2D eigenvalue weighted by Crippen LogP contribution is -2.21. The molecule has 0 aliphatic carbocycles. The van der Waals surface area contributed by atoms with Crippen molar-refractivity contribution >= 4 is 5.97 Å². The van der Waals surface area contributed by atoms with E-state index in [1.54, 1.807) is 18.2 Å². The predicted molar refractivity (Wildman–Crippen MR) is 62.3 cm³/mol. The molecule has 6 nitrogen and oxygen atoms in total. The smallest absolute Gasteiger partial charge is 0.335 e. The third kappa shape index (κ3) is 2.27. The monoisotopic (exact) mass is 248 g/mol. The molecule has 0 amide bonds. The van der Waals surface area contributed by atoms with Crippen molar-refractivity contribution in [3.8, 4) is 17.6 Å². The maximum atomic E-state index is 11.8. The first kappa shape index (κ1) is 12.0. The summed E-state index contributed by atoms with van der Waals surface area (Å²) >= 11 is 0. The molecule has 1 unspecified atom stereocenters. The molecule has 0 spiro atoms. The number of pyridine rings is 1. The second-order valence-corrected chi connectivity index (χ2v) is 3.68. The number of rotatable bonds is 3. The highest BCUT2D eigenvalue weighted by Gasteiger charge is 2.22. The SMILES string of the molecule is CC(C(=O)Oc1ccccn1)n1c(O)ccc1O. The largest absolute Gasteiger partial charge is 0.494 e. The third-order valence-electron chi connectivity index (χ3n) is 2.45. The van der Waals surface area contributed by atoms with Crippen LogP contribution in [0.2, 0.25) is 0 Å². The topological polar surface area (TPSA) is 84.6 Å². The molecule has 94 valence electrons. The fourth-order valence-electron chi connectivity index (χ4n) is 1.53. The molecule has 0 aliphatic rings. The van der Waals surface area contributed by atoms with Crippen LogP contribution < -0.4 is 4.74 Å². The minimum absolute atomic E-state index is 0.167. The van der Waals surface area contributed by atoms with Crippen LogP contribution in [0.3, 0.4) is 0 Å². The summed E-state index contributed by atoms with van der Waals surface area (Å²) in [7, 11) is 0. The number of ether oxygens (including phenoxy) is 1. The Bertz CT molecular complexity index is 531. The van der Waals surface area contributed by atoms with E-state index >= 15 is 0 Å². The van der Waals surface area contributed by atoms with Gasteiger partial charge in [0.15, 0.2) is 11.8 Å². The van der Waals surface area contributed by atoms with Gasteiger partial charge < -0.3 is 14.9 Å². The van der Waals surface area contributed by atoms with E-state index in [1.807, 2.05) is 0 Å². The second-order valence-electron chi connectivity index (χ2n) is 3.68. The van der Waals surface area contributed by atoms with Gasteiger partial charge >= 0.3 is 5.97 Å². The third-order valence-corrected chi connectivity index (χ3v) is 2.45. The summed E-state index contributed by atoms with van der Waals surface area (Å²) in [6.45, 7) is 1.50. The molecule has 2 aromatic heterocycles. The maximum absolute atomic E-state index is 11.8. The molecule has 0 saturated carbocycles. The van der Waals surface area contributed by atoms with Gasteiger partial charge in [-0.3, -0.25) is 4.57 Å². The molecule has 1 atom stereocenters. The van der Waals surface area contributed by atoms with Crippen molar-refractivity contribution in [3.63, 3.8) is 0 Å². The predicted octanol–water partition coefficient (Wildman–Crippen LogP) is 1.46. The van der Waals surface area contributed by atoms with E-state index in [0.29, 0.717) is 0 Å². The van der Waals surface area contributed by atoms with Crippen molar-refractivity contribution in [1.29, 1.82) is 0 Å². The number of esters is 1. The van der Waals surface area contributed by atoms with Crippen molar-refractivity contribution in [2.45, 2.75) is 13.0 Å². The summed E-state index contributed by atoms with van der Waals surface area (Å²) in [6, 6.07) is 6.65. The second kappa shape index (κ2) is 4.79. The van der Waals surface area contributed by atoms with E-state index in [2.05, 4.69) is 4.98 Å². The zero-order valence-electron chi connectivity index (χ0n) is 9.65. The summed E-state index contributed by atoms with van der Waals surface area (Å²) in [6.07, 6.45) is 1.50. The fourth-order valence-corrected chi connectivity index (χ4v) is 1.53. The van der Waals surface area contributed by atoms with E-state index < -0.39 is 12.0 Å². The van der Waals surface area contributed by atoms with Crippen molar-refractivity contribution in [2.24, 2.45) is 0 Å².